The van der Waals surface area contributed by atoms with E-state index >= 15 is 0 Å². The second kappa shape index (κ2) is 7.61. The van der Waals surface area contributed by atoms with Gasteiger partial charge in [0.1, 0.15) is 11.5 Å². The Morgan fingerprint density at radius 2 is 1.64 bits per heavy atom. The summed E-state index contributed by atoms with van der Waals surface area (Å²) in [6, 6.07) is 12.2. The van der Waals surface area contributed by atoms with E-state index in [1.165, 1.54) is 24.3 Å². The number of anilines is 1. The van der Waals surface area contributed by atoms with E-state index in [4.69, 9.17) is 16.3 Å². The summed E-state index contributed by atoms with van der Waals surface area (Å²) in [4.78, 5) is 11.7. The van der Waals surface area contributed by atoms with Crippen molar-refractivity contribution in [2.45, 2.75) is 6.61 Å². The third kappa shape index (κ3) is 5.21. The largest absolute Gasteiger partial charge is 0.484 e. The van der Waals surface area contributed by atoms with Gasteiger partial charge in [0.25, 0.3) is 5.91 Å². The number of alkyl halides is 2. The molecule has 0 aliphatic heterocycles. The van der Waals surface area contributed by atoms with E-state index in [2.05, 4.69) is 10.1 Å². The van der Waals surface area contributed by atoms with Gasteiger partial charge in [0.05, 0.1) is 0 Å². The second-order valence-corrected chi connectivity index (χ2v) is 4.63. The zero-order valence-electron chi connectivity index (χ0n) is 11.3. The van der Waals surface area contributed by atoms with Gasteiger partial charge in [-0.05, 0) is 48.5 Å². The number of rotatable bonds is 6. The average molecular weight is 328 g/mol. The number of benzene rings is 2. The van der Waals surface area contributed by atoms with Crippen molar-refractivity contribution in [1.29, 1.82) is 0 Å². The number of carbonyl (C=O) groups is 1. The lowest BCUT2D eigenvalue weighted by molar-refractivity contribution is -0.118. The van der Waals surface area contributed by atoms with Crippen LogP contribution in [0.2, 0.25) is 5.02 Å². The van der Waals surface area contributed by atoms with Crippen molar-refractivity contribution >= 4 is 23.2 Å². The fraction of sp³-hybridized carbons (Fsp3) is 0.133. The summed E-state index contributed by atoms with van der Waals surface area (Å²) >= 11 is 5.73. The maximum absolute atomic E-state index is 12.0. The quantitative estimate of drug-likeness (QED) is 0.873. The highest BCUT2D eigenvalue weighted by Crippen LogP contribution is 2.18. The molecule has 0 fully saturated rings. The highest BCUT2D eigenvalue weighted by Gasteiger charge is 2.06. The monoisotopic (exact) mass is 327 g/mol. The maximum atomic E-state index is 12.0. The van der Waals surface area contributed by atoms with Gasteiger partial charge in [0, 0.05) is 10.7 Å². The van der Waals surface area contributed by atoms with Crippen molar-refractivity contribution in [3.8, 4) is 11.5 Å². The molecule has 2 aromatic carbocycles. The molecule has 4 nitrogen and oxygen atoms in total. The molecule has 0 aliphatic rings. The van der Waals surface area contributed by atoms with Crippen molar-refractivity contribution < 1.29 is 23.0 Å². The SMILES string of the molecule is O=C(COc1ccc(Cl)cc1)Nc1ccc(OC(F)F)cc1. The second-order valence-electron chi connectivity index (χ2n) is 4.19. The minimum Gasteiger partial charge on any atom is -0.484 e. The summed E-state index contributed by atoms with van der Waals surface area (Å²) < 4.78 is 33.5. The van der Waals surface area contributed by atoms with Crippen LogP contribution in [0.15, 0.2) is 48.5 Å². The fourth-order valence-corrected chi connectivity index (χ4v) is 1.72. The Morgan fingerprint density at radius 3 is 2.23 bits per heavy atom. The van der Waals surface area contributed by atoms with Crippen molar-refractivity contribution in [2.24, 2.45) is 0 Å². The molecule has 0 aromatic heterocycles. The minimum absolute atomic E-state index is 0.0189. The van der Waals surface area contributed by atoms with Gasteiger partial charge in [-0.3, -0.25) is 4.79 Å². The van der Waals surface area contributed by atoms with Gasteiger partial charge in [-0.25, -0.2) is 0 Å². The Balaban J connectivity index is 1.82. The van der Waals surface area contributed by atoms with E-state index in [0.29, 0.717) is 16.5 Å². The maximum Gasteiger partial charge on any atom is 0.387 e. The summed E-state index contributed by atoms with van der Waals surface area (Å²) in [7, 11) is 0. The van der Waals surface area contributed by atoms with Crippen molar-refractivity contribution in [1.82, 2.24) is 0 Å². The summed E-state index contributed by atoms with van der Waals surface area (Å²) in [5.74, 6) is 0.156. The fourth-order valence-electron chi connectivity index (χ4n) is 1.60. The molecule has 0 spiro atoms. The number of ether oxygens (including phenoxy) is 2. The first-order chi connectivity index (χ1) is 10.5. The highest BCUT2D eigenvalue weighted by molar-refractivity contribution is 6.30. The van der Waals surface area contributed by atoms with Gasteiger partial charge in [-0.15, -0.1) is 0 Å². The molecule has 1 N–H and O–H groups in total. The molecule has 22 heavy (non-hydrogen) atoms. The van der Waals surface area contributed by atoms with Crippen molar-refractivity contribution in [3.05, 3.63) is 53.6 Å². The molecule has 0 unspecified atom stereocenters. The van der Waals surface area contributed by atoms with Gasteiger partial charge >= 0.3 is 6.61 Å². The minimum atomic E-state index is -2.88. The Bertz CT molecular complexity index is 618. The van der Waals surface area contributed by atoms with Crippen LogP contribution in [0.3, 0.4) is 0 Å². The number of halogens is 3. The third-order valence-corrected chi connectivity index (χ3v) is 2.80. The van der Waals surface area contributed by atoms with Crippen LogP contribution in [0.5, 0.6) is 11.5 Å². The van der Waals surface area contributed by atoms with E-state index in [1.807, 2.05) is 0 Å². The van der Waals surface area contributed by atoms with Gasteiger partial charge < -0.3 is 14.8 Å². The van der Waals surface area contributed by atoms with Crippen LogP contribution in [0.25, 0.3) is 0 Å². The van der Waals surface area contributed by atoms with Crippen molar-refractivity contribution in [2.75, 3.05) is 11.9 Å². The van der Waals surface area contributed by atoms with Crippen LogP contribution >= 0.6 is 11.6 Å². The first-order valence-corrected chi connectivity index (χ1v) is 6.64. The topological polar surface area (TPSA) is 47.6 Å². The van der Waals surface area contributed by atoms with Gasteiger partial charge in [0.15, 0.2) is 6.61 Å². The number of carbonyl (C=O) groups excluding carboxylic acids is 1. The molecule has 0 saturated heterocycles. The first-order valence-electron chi connectivity index (χ1n) is 6.26. The lowest BCUT2D eigenvalue weighted by atomic mass is 10.3. The molecule has 2 rings (SSSR count). The standard InChI is InChI=1S/C15H12ClF2NO3/c16-10-1-5-12(6-2-10)21-9-14(20)19-11-3-7-13(8-4-11)22-15(17)18/h1-8,15H,9H2,(H,19,20). The van der Waals surface area contributed by atoms with E-state index in [0.717, 1.165) is 0 Å². The number of hydrogen-bond donors (Lipinski definition) is 1. The Morgan fingerprint density at radius 1 is 1.05 bits per heavy atom. The molecule has 7 heteroatoms. The summed E-state index contributed by atoms with van der Waals surface area (Å²) in [6.07, 6.45) is 0. The average Bonchev–Trinajstić information content (AvgIpc) is 2.48. The van der Waals surface area contributed by atoms with E-state index < -0.39 is 6.61 Å². The molecule has 2 aromatic rings. The molecule has 0 bridgehead atoms. The molecule has 116 valence electrons. The number of amides is 1. The predicted molar refractivity (Wildman–Crippen MR) is 78.7 cm³/mol. The van der Waals surface area contributed by atoms with E-state index in [1.54, 1.807) is 24.3 Å². The van der Waals surface area contributed by atoms with Crippen LogP contribution in [0.4, 0.5) is 14.5 Å². The molecule has 1 amide bonds. The molecule has 0 atom stereocenters. The smallest absolute Gasteiger partial charge is 0.387 e. The zero-order chi connectivity index (χ0) is 15.9. The van der Waals surface area contributed by atoms with Gasteiger partial charge in [0.2, 0.25) is 0 Å². The van der Waals surface area contributed by atoms with Crippen molar-refractivity contribution in [3.63, 3.8) is 0 Å². The summed E-state index contributed by atoms with van der Waals surface area (Å²) in [5, 5.41) is 3.14. The van der Waals surface area contributed by atoms with Gasteiger partial charge in [-0.2, -0.15) is 8.78 Å². The lowest BCUT2D eigenvalue weighted by Crippen LogP contribution is -2.20. The van der Waals surface area contributed by atoms with Crippen LogP contribution in [-0.2, 0) is 4.79 Å². The first kappa shape index (κ1) is 16.0. The predicted octanol–water partition coefficient (Wildman–Crippen LogP) is 3.96. The normalized spacial score (nSPS) is 10.4. The number of hydrogen-bond acceptors (Lipinski definition) is 3. The molecular weight excluding hydrogens is 316 g/mol. The van der Waals surface area contributed by atoms with E-state index in [9.17, 15) is 13.6 Å². The Hall–Kier alpha value is -2.34. The molecular formula is C15H12ClF2NO3. The summed E-state index contributed by atoms with van der Waals surface area (Å²) in [6.45, 7) is -3.06. The Labute approximate surface area is 130 Å². The highest BCUT2D eigenvalue weighted by atomic mass is 35.5. The van der Waals surface area contributed by atoms with Crippen LogP contribution in [0.1, 0.15) is 0 Å². The third-order valence-electron chi connectivity index (χ3n) is 2.55. The van der Waals surface area contributed by atoms with Crippen LogP contribution in [0, 0.1) is 0 Å². The summed E-state index contributed by atoms with van der Waals surface area (Å²) in [5.41, 5.74) is 0.450. The lowest BCUT2D eigenvalue weighted by Gasteiger charge is -2.09. The van der Waals surface area contributed by atoms with Crippen LogP contribution in [-0.4, -0.2) is 19.1 Å². The molecule has 0 heterocycles. The zero-order valence-corrected chi connectivity index (χ0v) is 12.0. The molecule has 0 aliphatic carbocycles. The molecule has 0 saturated carbocycles. The van der Waals surface area contributed by atoms with Gasteiger partial charge in [-0.1, -0.05) is 11.6 Å². The van der Waals surface area contributed by atoms with E-state index in [-0.39, 0.29) is 18.3 Å². The van der Waals surface area contributed by atoms with Crippen LogP contribution < -0.4 is 14.8 Å². The number of nitrogens with one attached hydrogen (secondary N) is 1. The molecule has 0 radical (unpaired) electrons. The Kier molecular flexibility index (Phi) is 5.55.